The molecular weight excluding hydrogens is 220 g/mol. The van der Waals surface area contributed by atoms with E-state index in [2.05, 4.69) is 24.0 Å². The molecule has 1 rings (SSSR count). The normalized spacial score (nSPS) is 15.2. The molecule has 0 aliphatic heterocycles. The van der Waals surface area contributed by atoms with Crippen LogP contribution in [0.15, 0.2) is 4.52 Å². The number of hydrogen-bond acceptors (Lipinski definition) is 5. The van der Waals surface area contributed by atoms with Gasteiger partial charge in [0.05, 0.1) is 12.5 Å². The third-order valence-corrected chi connectivity index (χ3v) is 2.42. The molecule has 0 spiro atoms. The van der Waals surface area contributed by atoms with Crippen LogP contribution < -0.4 is 0 Å². The van der Waals surface area contributed by atoms with Gasteiger partial charge in [-0.2, -0.15) is 4.98 Å². The Kier molecular flexibility index (Phi) is 5.58. The first-order valence-electron chi connectivity index (χ1n) is 6.15. The molecule has 0 amide bonds. The van der Waals surface area contributed by atoms with Gasteiger partial charge in [0.1, 0.15) is 6.10 Å². The smallest absolute Gasteiger partial charge is 0.229 e. The summed E-state index contributed by atoms with van der Waals surface area (Å²) in [5.41, 5.74) is 0. The van der Waals surface area contributed by atoms with E-state index < -0.39 is 6.10 Å². The SMILES string of the molecule is CCOC(C)c1noc(CC(O)CC(C)C)n1. The minimum Gasteiger partial charge on any atom is -0.393 e. The lowest BCUT2D eigenvalue weighted by Crippen LogP contribution is -2.13. The molecule has 0 aromatic carbocycles. The monoisotopic (exact) mass is 242 g/mol. The van der Waals surface area contributed by atoms with E-state index in [4.69, 9.17) is 9.26 Å². The summed E-state index contributed by atoms with van der Waals surface area (Å²) in [7, 11) is 0. The zero-order chi connectivity index (χ0) is 12.8. The summed E-state index contributed by atoms with van der Waals surface area (Å²) in [4.78, 5) is 4.21. The van der Waals surface area contributed by atoms with Gasteiger partial charge in [-0.05, 0) is 26.2 Å². The van der Waals surface area contributed by atoms with Crippen LogP contribution >= 0.6 is 0 Å². The lowest BCUT2D eigenvalue weighted by Gasteiger charge is -2.09. The highest BCUT2D eigenvalue weighted by molar-refractivity contribution is 4.91. The Morgan fingerprint density at radius 3 is 2.65 bits per heavy atom. The minimum absolute atomic E-state index is 0.167. The molecule has 0 fully saturated rings. The lowest BCUT2D eigenvalue weighted by molar-refractivity contribution is 0.0683. The third-order valence-electron chi connectivity index (χ3n) is 2.42. The van der Waals surface area contributed by atoms with Crippen molar-refractivity contribution in [2.45, 2.75) is 52.7 Å². The summed E-state index contributed by atoms with van der Waals surface area (Å²) in [6.07, 6.45) is 0.549. The summed E-state index contributed by atoms with van der Waals surface area (Å²) < 4.78 is 10.4. The Balaban J connectivity index is 2.50. The number of aliphatic hydroxyl groups is 1. The molecule has 98 valence electrons. The van der Waals surface area contributed by atoms with Crippen LogP contribution in [0.5, 0.6) is 0 Å². The van der Waals surface area contributed by atoms with Crippen molar-refractivity contribution in [1.82, 2.24) is 10.1 Å². The molecule has 5 heteroatoms. The molecule has 0 radical (unpaired) electrons. The van der Waals surface area contributed by atoms with E-state index in [-0.39, 0.29) is 6.10 Å². The average molecular weight is 242 g/mol. The van der Waals surface area contributed by atoms with Crippen LogP contribution in [0, 0.1) is 5.92 Å². The van der Waals surface area contributed by atoms with Crippen molar-refractivity contribution in [3.05, 3.63) is 11.7 Å². The Hall–Kier alpha value is -0.940. The molecule has 2 atom stereocenters. The fraction of sp³-hybridized carbons (Fsp3) is 0.833. The first-order chi connectivity index (χ1) is 8.02. The van der Waals surface area contributed by atoms with Crippen LogP contribution in [0.2, 0.25) is 0 Å². The van der Waals surface area contributed by atoms with Gasteiger partial charge in [-0.3, -0.25) is 0 Å². The van der Waals surface area contributed by atoms with Crippen molar-refractivity contribution in [2.75, 3.05) is 6.61 Å². The molecule has 1 aromatic heterocycles. The summed E-state index contributed by atoms with van der Waals surface area (Å²) in [5, 5.41) is 13.6. The average Bonchev–Trinajstić information content (AvgIpc) is 2.65. The molecule has 0 saturated heterocycles. The van der Waals surface area contributed by atoms with Gasteiger partial charge in [0.25, 0.3) is 0 Å². The Morgan fingerprint density at radius 1 is 1.35 bits per heavy atom. The molecule has 0 aliphatic carbocycles. The summed E-state index contributed by atoms with van der Waals surface area (Å²) >= 11 is 0. The van der Waals surface area contributed by atoms with Crippen LogP contribution in [0.1, 0.15) is 51.9 Å². The van der Waals surface area contributed by atoms with Crippen LogP contribution in [-0.2, 0) is 11.2 Å². The van der Waals surface area contributed by atoms with Gasteiger partial charge in [0.2, 0.25) is 5.89 Å². The molecule has 0 aliphatic rings. The van der Waals surface area contributed by atoms with Gasteiger partial charge < -0.3 is 14.4 Å². The molecule has 17 heavy (non-hydrogen) atoms. The van der Waals surface area contributed by atoms with E-state index in [1.165, 1.54) is 0 Å². The van der Waals surface area contributed by atoms with E-state index >= 15 is 0 Å². The fourth-order valence-corrected chi connectivity index (χ4v) is 1.67. The van der Waals surface area contributed by atoms with Gasteiger partial charge >= 0.3 is 0 Å². The number of aromatic nitrogens is 2. The second-order valence-corrected chi connectivity index (χ2v) is 4.63. The Labute approximate surface area is 102 Å². The molecule has 1 heterocycles. The maximum Gasteiger partial charge on any atom is 0.229 e. The van der Waals surface area contributed by atoms with E-state index in [1.807, 2.05) is 13.8 Å². The number of hydrogen-bond donors (Lipinski definition) is 1. The summed E-state index contributed by atoms with van der Waals surface area (Å²) in [6, 6.07) is 0. The largest absolute Gasteiger partial charge is 0.393 e. The zero-order valence-corrected chi connectivity index (χ0v) is 11.0. The van der Waals surface area contributed by atoms with Crippen LogP contribution in [-0.4, -0.2) is 28.0 Å². The summed E-state index contributed by atoms with van der Waals surface area (Å²) in [6.45, 7) is 8.55. The number of nitrogens with zero attached hydrogens (tertiary/aromatic N) is 2. The second-order valence-electron chi connectivity index (χ2n) is 4.63. The topological polar surface area (TPSA) is 68.4 Å². The molecule has 2 unspecified atom stereocenters. The van der Waals surface area contributed by atoms with E-state index in [0.717, 1.165) is 6.42 Å². The van der Waals surface area contributed by atoms with Gasteiger partial charge in [0, 0.05) is 6.61 Å². The van der Waals surface area contributed by atoms with Gasteiger partial charge in [0.15, 0.2) is 5.82 Å². The molecule has 0 saturated carbocycles. The van der Waals surface area contributed by atoms with Crippen LogP contribution in [0.25, 0.3) is 0 Å². The zero-order valence-electron chi connectivity index (χ0n) is 11.0. The highest BCUT2D eigenvalue weighted by Gasteiger charge is 2.16. The minimum atomic E-state index is -0.425. The molecular formula is C12H22N2O3. The molecule has 5 nitrogen and oxygen atoms in total. The van der Waals surface area contributed by atoms with Crippen molar-refractivity contribution in [1.29, 1.82) is 0 Å². The fourth-order valence-electron chi connectivity index (χ4n) is 1.67. The maximum atomic E-state index is 9.77. The van der Waals surface area contributed by atoms with E-state index in [1.54, 1.807) is 0 Å². The predicted molar refractivity (Wildman–Crippen MR) is 63.5 cm³/mol. The highest BCUT2D eigenvalue weighted by Crippen LogP contribution is 2.15. The van der Waals surface area contributed by atoms with Gasteiger partial charge in [-0.1, -0.05) is 19.0 Å². The van der Waals surface area contributed by atoms with Gasteiger partial charge in [-0.15, -0.1) is 0 Å². The second kappa shape index (κ2) is 6.71. The number of aliphatic hydroxyl groups excluding tert-OH is 1. The highest BCUT2D eigenvalue weighted by atomic mass is 16.5. The Bertz CT molecular complexity index is 325. The first kappa shape index (κ1) is 14.1. The van der Waals surface area contributed by atoms with E-state index in [0.29, 0.717) is 30.7 Å². The Morgan fingerprint density at radius 2 is 2.06 bits per heavy atom. The first-order valence-corrected chi connectivity index (χ1v) is 6.15. The van der Waals surface area contributed by atoms with Gasteiger partial charge in [-0.25, -0.2) is 0 Å². The molecule has 1 N–H and O–H groups in total. The summed E-state index contributed by atoms with van der Waals surface area (Å²) in [5.74, 6) is 1.47. The van der Waals surface area contributed by atoms with Crippen molar-refractivity contribution in [2.24, 2.45) is 5.92 Å². The number of ether oxygens (including phenoxy) is 1. The van der Waals surface area contributed by atoms with Crippen molar-refractivity contribution in [3.8, 4) is 0 Å². The van der Waals surface area contributed by atoms with Crippen molar-refractivity contribution >= 4 is 0 Å². The third kappa shape index (κ3) is 4.83. The molecule has 1 aromatic rings. The van der Waals surface area contributed by atoms with Crippen molar-refractivity contribution in [3.63, 3.8) is 0 Å². The molecule has 0 bridgehead atoms. The lowest BCUT2D eigenvalue weighted by atomic mass is 10.0. The standard InChI is InChI=1S/C12H22N2O3/c1-5-16-9(4)12-13-11(17-14-12)7-10(15)6-8(2)3/h8-10,15H,5-7H2,1-4H3. The predicted octanol–water partition coefficient (Wildman–Crippen LogP) is 2.12. The quantitative estimate of drug-likeness (QED) is 0.793. The van der Waals surface area contributed by atoms with Crippen molar-refractivity contribution < 1.29 is 14.4 Å². The number of rotatable bonds is 7. The van der Waals surface area contributed by atoms with Crippen LogP contribution in [0.3, 0.4) is 0 Å². The van der Waals surface area contributed by atoms with E-state index in [9.17, 15) is 5.11 Å². The maximum absolute atomic E-state index is 9.77. The van der Waals surface area contributed by atoms with Crippen LogP contribution in [0.4, 0.5) is 0 Å².